The Balaban J connectivity index is 1.63. The second kappa shape index (κ2) is 7.64. The van der Waals surface area contributed by atoms with Crippen LogP contribution in [0.2, 0.25) is 0 Å². The number of carbonyl (C=O) groups is 1. The van der Waals surface area contributed by atoms with Gasteiger partial charge in [0.15, 0.2) is 0 Å². The van der Waals surface area contributed by atoms with Crippen LogP contribution in [0.1, 0.15) is 40.0 Å². The number of amides is 1. The lowest BCUT2D eigenvalue weighted by Gasteiger charge is -2.30. The van der Waals surface area contributed by atoms with Crippen molar-refractivity contribution in [3.05, 3.63) is 0 Å². The van der Waals surface area contributed by atoms with E-state index in [4.69, 9.17) is 4.74 Å². The number of hydrogen-bond donors (Lipinski definition) is 1. The lowest BCUT2D eigenvalue weighted by Crippen LogP contribution is -2.39. The Kier molecular flexibility index (Phi) is 6.09. The van der Waals surface area contributed by atoms with E-state index in [2.05, 4.69) is 17.3 Å². The predicted octanol–water partition coefficient (Wildman–Crippen LogP) is 2.17. The van der Waals surface area contributed by atoms with Gasteiger partial charge in [0.05, 0.1) is 0 Å². The fourth-order valence-corrected chi connectivity index (χ4v) is 3.42. The number of piperidine rings is 1. The molecule has 2 aliphatic heterocycles. The summed E-state index contributed by atoms with van der Waals surface area (Å²) in [5.41, 5.74) is -0.402. The fourth-order valence-electron chi connectivity index (χ4n) is 3.42. The maximum atomic E-state index is 12.0. The molecule has 1 N–H and O–H groups in total. The average Bonchev–Trinajstić information content (AvgIpc) is 2.86. The lowest BCUT2D eigenvalue weighted by molar-refractivity contribution is 0.0288. The van der Waals surface area contributed by atoms with Gasteiger partial charge in [-0.3, -0.25) is 0 Å². The van der Waals surface area contributed by atoms with Gasteiger partial charge in [0, 0.05) is 19.6 Å². The summed E-state index contributed by atoms with van der Waals surface area (Å²) in [6.45, 7) is 12.0. The Morgan fingerprint density at radius 1 is 1.14 bits per heavy atom. The molecular formula is C17H33N3O2. The van der Waals surface area contributed by atoms with Gasteiger partial charge in [-0.1, -0.05) is 0 Å². The topological polar surface area (TPSA) is 44.8 Å². The Hall–Kier alpha value is -0.810. The Morgan fingerprint density at radius 2 is 1.82 bits per heavy atom. The van der Waals surface area contributed by atoms with Crippen LogP contribution in [0.25, 0.3) is 0 Å². The summed E-state index contributed by atoms with van der Waals surface area (Å²) in [6, 6.07) is 0. The molecule has 2 fully saturated rings. The van der Waals surface area contributed by atoms with Gasteiger partial charge in [-0.05, 0) is 78.6 Å². The average molecular weight is 311 g/mol. The first-order valence-corrected chi connectivity index (χ1v) is 8.70. The van der Waals surface area contributed by atoms with Crippen LogP contribution in [0.4, 0.5) is 4.79 Å². The molecule has 2 heterocycles. The van der Waals surface area contributed by atoms with E-state index in [0.717, 1.165) is 38.5 Å². The van der Waals surface area contributed by atoms with E-state index in [1.165, 1.54) is 25.9 Å². The number of ether oxygens (including phenoxy) is 1. The molecule has 2 aliphatic rings. The zero-order valence-electron chi connectivity index (χ0n) is 14.7. The number of hydrogen-bond acceptors (Lipinski definition) is 4. The lowest BCUT2D eigenvalue weighted by atomic mass is 9.98. The summed E-state index contributed by atoms with van der Waals surface area (Å²) in [5.74, 6) is 1.34. The van der Waals surface area contributed by atoms with Gasteiger partial charge in [-0.2, -0.15) is 0 Å². The summed E-state index contributed by atoms with van der Waals surface area (Å²) < 4.78 is 5.44. The zero-order chi connectivity index (χ0) is 16.2. The van der Waals surface area contributed by atoms with Crippen molar-refractivity contribution in [2.45, 2.75) is 45.6 Å². The molecule has 2 atom stereocenters. The van der Waals surface area contributed by atoms with E-state index in [0.29, 0.717) is 5.92 Å². The molecule has 22 heavy (non-hydrogen) atoms. The number of nitrogens with zero attached hydrogens (tertiary/aromatic N) is 2. The third kappa shape index (κ3) is 5.76. The Labute approximate surface area is 135 Å². The number of nitrogens with one attached hydrogen (secondary N) is 1. The standard InChI is InChI=1S/C17H33N3O2/c1-17(2,3)22-16(21)20-9-7-15(13-20)11-18-10-14-6-5-8-19(4)12-14/h14-15,18H,5-13H2,1-4H3. The molecule has 0 aromatic heterocycles. The highest BCUT2D eigenvalue weighted by Gasteiger charge is 2.29. The molecule has 0 aliphatic carbocycles. The van der Waals surface area contributed by atoms with E-state index >= 15 is 0 Å². The van der Waals surface area contributed by atoms with Crippen molar-refractivity contribution in [1.29, 1.82) is 0 Å². The molecule has 0 bridgehead atoms. The highest BCUT2D eigenvalue weighted by Crippen LogP contribution is 2.19. The first kappa shape index (κ1) is 17.5. The molecule has 0 spiro atoms. The maximum absolute atomic E-state index is 12.0. The summed E-state index contributed by atoms with van der Waals surface area (Å²) in [6.07, 6.45) is 3.57. The first-order chi connectivity index (χ1) is 10.3. The van der Waals surface area contributed by atoms with Crippen LogP contribution < -0.4 is 5.32 Å². The molecular weight excluding hydrogens is 278 g/mol. The molecule has 2 rings (SSSR count). The van der Waals surface area contributed by atoms with Gasteiger partial charge >= 0.3 is 6.09 Å². The summed E-state index contributed by atoms with van der Waals surface area (Å²) in [4.78, 5) is 16.3. The number of likely N-dealkylation sites (tertiary alicyclic amines) is 2. The highest BCUT2D eigenvalue weighted by molar-refractivity contribution is 5.68. The van der Waals surface area contributed by atoms with Crippen LogP contribution >= 0.6 is 0 Å². The van der Waals surface area contributed by atoms with Crippen molar-refractivity contribution in [2.75, 3.05) is 46.3 Å². The van der Waals surface area contributed by atoms with Crippen molar-refractivity contribution in [2.24, 2.45) is 11.8 Å². The van der Waals surface area contributed by atoms with Crippen molar-refractivity contribution < 1.29 is 9.53 Å². The van der Waals surface area contributed by atoms with E-state index in [1.54, 1.807) is 0 Å². The second-order valence-electron chi connectivity index (χ2n) is 8.01. The van der Waals surface area contributed by atoms with Crippen LogP contribution in [0.3, 0.4) is 0 Å². The molecule has 2 saturated heterocycles. The molecule has 0 aromatic rings. The molecule has 0 radical (unpaired) electrons. The van der Waals surface area contributed by atoms with Crippen molar-refractivity contribution in [3.63, 3.8) is 0 Å². The SMILES string of the molecule is CN1CCCC(CNCC2CCN(C(=O)OC(C)(C)C)C2)C1. The molecule has 5 nitrogen and oxygen atoms in total. The quantitative estimate of drug-likeness (QED) is 0.864. The predicted molar refractivity (Wildman–Crippen MR) is 89.0 cm³/mol. The van der Waals surface area contributed by atoms with Crippen LogP contribution in [0.15, 0.2) is 0 Å². The maximum Gasteiger partial charge on any atom is 0.410 e. The van der Waals surface area contributed by atoms with Gasteiger partial charge in [-0.15, -0.1) is 0 Å². The van der Waals surface area contributed by atoms with Crippen molar-refractivity contribution >= 4 is 6.09 Å². The minimum atomic E-state index is -0.402. The van der Waals surface area contributed by atoms with Crippen molar-refractivity contribution in [1.82, 2.24) is 15.1 Å². The summed E-state index contributed by atoms with van der Waals surface area (Å²) in [5, 5.41) is 3.62. The number of rotatable bonds is 4. The van der Waals surface area contributed by atoms with Gasteiger partial charge in [0.25, 0.3) is 0 Å². The van der Waals surface area contributed by atoms with Gasteiger partial charge in [0.2, 0.25) is 0 Å². The van der Waals surface area contributed by atoms with E-state index in [-0.39, 0.29) is 6.09 Å². The molecule has 1 amide bonds. The molecule has 0 aromatic carbocycles. The third-order valence-corrected chi connectivity index (χ3v) is 4.53. The number of carbonyl (C=O) groups excluding carboxylic acids is 1. The van der Waals surface area contributed by atoms with Crippen LogP contribution in [-0.2, 0) is 4.74 Å². The van der Waals surface area contributed by atoms with Gasteiger partial charge in [-0.25, -0.2) is 4.79 Å². The van der Waals surface area contributed by atoms with Gasteiger partial charge in [0.1, 0.15) is 5.60 Å². The fraction of sp³-hybridized carbons (Fsp3) is 0.941. The minimum absolute atomic E-state index is 0.163. The van der Waals surface area contributed by atoms with E-state index in [9.17, 15) is 4.79 Å². The first-order valence-electron chi connectivity index (χ1n) is 8.70. The van der Waals surface area contributed by atoms with Gasteiger partial charge < -0.3 is 19.9 Å². The largest absolute Gasteiger partial charge is 0.444 e. The molecule has 5 heteroatoms. The monoisotopic (exact) mass is 311 g/mol. The van der Waals surface area contributed by atoms with E-state index < -0.39 is 5.60 Å². The second-order valence-corrected chi connectivity index (χ2v) is 8.01. The Morgan fingerprint density at radius 3 is 2.45 bits per heavy atom. The zero-order valence-corrected chi connectivity index (χ0v) is 14.7. The summed E-state index contributed by atoms with van der Waals surface area (Å²) >= 11 is 0. The highest BCUT2D eigenvalue weighted by atomic mass is 16.6. The molecule has 128 valence electrons. The smallest absolute Gasteiger partial charge is 0.410 e. The normalized spacial score (nSPS) is 27.2. The van der Waals surface area contributed by atoms with Crippen LogP contribution in [0.5, 0.6) is 0 Å². The third-order valence-electron chi connectivity index (χ3n) is 4.53. The molecule has 2 unspecified atom stereocenters. The van der Waals surface area contributed by atoms with E-state index in [1.807, 2.05) is 25.7 Å². The Bertz CT molecular complexity index is 367. The minimum Gasteiger partial charge on any atom is -0.444 e. The molecule has 0 saturated carbocycles. The van der Waals surface area contributed by atoms with Crippen molar-refractivity contribution in [3.8, 4) is 0 Å². The van der Waals surface area contributed by atoms with Crippen LogP contribution in [0, 0.1) is 11.8 Å². The van der Waals surface area contributed by atoms with Crippen LogP contribution in [-0.4, -0.2) is 67.8 Å². The summed E-state index contributed by atoms with van der Waals surface area (Å²) in [7, 11) is 2.21.